The molecule has 0 aromatic heterocycles. The number of amides is 1. The zero-order chi connectivity index (χ0) is 23.8. The van der Waals surface area contributed by atoms with E-state index >= 15 is 0 Å². The van der Waals surface area contributed by atoms with Crippen molar-refractivity contribution in [2.45, 2.75) is 40.5 Å². The molecule has 2 aromatic rings. The van der Waals surface area contributed by atoms with Crippen molar-refractivity contribution in [1.82, 2.24) is 0 Å². The summed E-state index contributed by atoms with van der Waals surface area (Å²) in [6.45, 7) is 13.9. The second kappa shape index (κ2) is 11.8. The Morgan fingerprint density at radius 2 is 1.70 bits per heavy atom. The van der Waals surface area contributed by atoms with Crippen molar-refractivity contribution in [3.63, 3.8) is 0 Å². The van der Waals surface area contributed by atoms with Crippen LogP contribution in [0.25, 0.3) is 0 Å². The first-order valence-corrected chi connectivity index (χ1v) is 11.7. The molecule has 1 aliphatic rings. The van der Waals surface area contributed by atoms with E-state index < -0.39 is 0 Å². The molecule has 0 atom stereocenters. The van der Waals surface area contributed by atoms with Gasteiger partial charge in [-0.15, -0.1) is 0 Å². The van der Waals surface area contributed by atoms with E-state index in [-0.39, 0.29) is 12.5 Å². The van der Waals surface area contributed by atoms with Crippen molar-refractivity contribution < 1.29 is 23.7 Å². The molecular formula is C26H36N2O5. The Hall–Kier alpha value is -2.93. The number of hydrogen-bond donors (Lipinski definition) is 1. The van der Waals surface area contributed by atoms with E-state index in [0.29, 0.717) is 49.5 Å². The minimum Gasteiger partial charge on any atom is -0.492 e. The smallest absolute Gasteiger partial charge is 0.262 e. The highest BCUT2D eigenvalue weighted by Crippen LogP contribution is 2.39. The number of benzene rings is 2. The fraction of sp³-hybridized carbons (Fsp3) is 0.500. The van der Waals surface area contributed by atoms with Crippen LogP contribution in [0.2, 0.25) is 0 Å². The lowest BCUT2D eigenvalue weighted by Crippen LogP contribution is -2.36. The highest BCUT2D eigenvalue weighted by atomic mass is 16.5. The Bertz CT molecular complexity index is 939. The second-order valence-electron chi connectivity index (χ2n) is 8.30. The number of morpholine rings is 1. The molecule has 0 unspecified atom stereocenters. The Morgan fingerprint density at radius 3 is 2.36 bits per heavy atom. The molecule has 1 heterocycles. The number of ether oxygens (including phenoxy) is 4. The summed E-state index contributed by atoms with van der Waals surface area (Å²) in [6.07, 6.45) is 0. The number of carbonyl (C=O) groups is 1. The fourth-order valence-electron chi connectivity index (χ4n) is 3.71. The van der Waals surface area contributed by atoms with Gasteiger partial charge in [-0.05, 0) is 43.9 Å². The van der Waals surface area contributed by atoms with Gasteiger partial charge in [0.05, 0.1) is 37.8 Å². The van der Waals surface area contributed by atoms with Crippen LogP contribution in [0.15, 0.2) is 30.3 Å². The monoisotopic (exact) mass is 456 g/mol. The van der Waals surface area contributed by atoms with Crippen molar-refractivity contribution in [3.05, 3.63) is 41.5 Å². The molecule has 1 N–H and O–H groups in total. The third-order valence-corrected chi connectivity index (χ3v) is 5.52. The van der Waals surface area contributed by atoms with E-state index in [9.17, 15) is 4.79 Å². The standard InChI is InChI=1S/C26H36N2O5/c1-6-31-24-16-22(28-10-12-30-13-11-28)25(32-7-2)15-21(24)27-26(29)17-33-23-14-20(18(3)4)9-8-19(23)5/h8-9,14-16,18H,6-7,10-13,17H2,1-5H3,(H,27,29). The van der Waals surface area contributed by atoms with Crippen molar-refractivity contribution in [1.29, 1.82) is 0 Å². The molecule has 3 rings (SSSR count). The quantitative estimate of drug-likeness (QED) is 0.555. The van der Waals surface area contributed by atoms with Crippen LogP contribution in [0.4, 0.5) is 11.4 Å². The molecule has 2 aromatic carbocycles. The third kappa shape index (κ3) is 6.54. The minimum atomic E-state index is -0.258. The zero-order valence-corrected chi connectivity index (χ0v) is 20.4. The number of carbonyl (C=O) groups excluding carboxylic acids is 1. The number of rotatable bonds is 10. The first kappa shape index (κ1) is 24.7. The van der Waals surface area contributed by atoms with Crippen LogP contribution in [-0.2, 0) is 9.53 Å². The average Bonchev–Trinajstić information content (AvgIpc) is 2.80. The molecule has 180 valence electrons. The van der Waals surface area contributed by atoms with Crippen LogP contribution < -0.4 is 24.4 Å². The van der Waals surface area contributed by atoms with Crippen LogP contribution in [-0.4, -0.2) is 52.0 Å². The second-order valence-corrected chi connectivity index (χ2v) is 8.30. The topological polar surface area (TPSA) is 69.3 Å². The molecule has 1 aliphatic heterocycles. The molecule has 0 saturated carbocycles. The number of nitrogens with zero attached hydrogens (tertiary/aromatic N) is 1. The predicted molar refractivity (Wildman–Crippen MR) is 131 cm³/mol. The average molecular weight is 457 g/mol. The summed E-state index contributed by atoms with van der Waals surface area (Å²) in [5.74, 6) is 2.16. The van der Waals surface area contributed by atoms with Crippen molar-refractivity contribution >= 4 is 17.3 Å². The fourth-order valence-corrected chi connectivity index (χ4v) is 3.71. The van der Waals surface area contributed by atoms with Gasteiger partial charge >= 0.3 is 0 Å². The Balaban J connectivity index is 1.77. The minimum absolute atomic E-state index is 0.0941. The Morgan fingerprint density at radius 1 is 1.00 bits per heavy atom. The van der Waals surface area contributed by atoms with Gasteiger partial charge < -0.3 is 29.2 Å². The molecule has 33 heavy (non-hydrogen) atoms. The van der Waals surface area contributed by atoms with Crippen LogP contribution in [0.5, 0.6) is 17.2 Å². The van der Waals surface area contributed by atoms with Gasteiger partial charge in [-0.2, -0.15) is 0 Å². The Kier molecular flexibility index (Phi) is 8.83. The van der Waals surface area contributed by atoms with E-state index in [1.165, 1.54) is 5.56 Å². The van der Waals surface area contributed by atoms with Crippen molar-refractivity contribution in [2.24, 2.45) is 0 Å². The molecule has 7 heteroatoms. The molecule has 7 nitrogen and oxygen atoms in total. The summed E-state index contributed by atoms with van der Waals surface area (Å²) in [7, 11) is 0. The van der Waals surface area contributed by atoms with Gasteiger partial charge in [0.2, 0.25) is 0 Å². The van der Waals surface area contributed by atoms with Gasteiger partial charge in [0.1, 0.15) is 17.2 Å². The van der Waals surface area contributed by atoms with Crippen LogP contribution in [0.1, 0.15) is 44.7 Å². The van der Waals surface area contributed by atoms with E-state index in [0.717, 1.165) is 30.1 Å². The number of nitrogens with one attached hydrogen (secondary N) is 1. The zero-order valence-electron chi connectivity index (χ0n) is 20.4. The van der Waals surface area contributed by atoms with Crippen LogP contribution in [0, 0.1) is 6.92 Å². The van der Waals surface area contributed by atoms with Gasteiger partial charge in [0.25, 0.3) is 5.91 Å². The molecule has 1 fully saturated rings. The van der Waals surface area contributed by atoms with Crippen molar-refractivity contribution in [2.75, 3.05) is 56.3 Å². The SMILES string of the molecule is CCOc1cc(N2CCOCC2)c(OCC)cc1NC(=O)COc1cc(C(C)C)ccc1C. The largest absolute Gasteiger partial charge is 0.492 e. The maximum Gasteiger partial charge on any atom is 0.262 e. The van der Waals surface area contributed by atoms with Gasteiger partial charge in [-0.3, -0.25) is 4.79 Å². The van der Waals surface area contributed by atoms with Crippen LogP contribution >= 0.6 is 0 Å². The van der Waals surface area contributed by atoms with E-state index in [4.69, 9.17) is 18.9 Å². The highest BCUT2D eigenvalue weighted by Gasteiger charge is 2.20. The van der Waals surface area contributed by atoms with Gasteiger partial charge in [0, 0.05) is 25.2 Å². The van der Waals surface area contributed by atoms with E-state index in [2.05, 4.69) is 30.1 Å². The first-order chi connectivity index (χ1) is 15.9. The summed E-state index contributed by atoms with van der Waals surface area (Å²) in [5, 5.41) is 2.94. The van der Waals surface area contributed by atoms with E-state index in [1.807, 2.05) is 45.0 Å². The van der Waals surface area contributed by atoms with Crippen LogP contribution in [0.3, 0.4) is 0 Å². The van der Waals surface area contributed by atoms with Gasteiger partial charge in [-0.25, -0.2) is 0 Å². The lowest BCUT2D eigenvalue weighted by atomic mass is 10.0. The molecule has 1 amide bonds. The normalized spacial score (nSPS) is 13.7. The molecule has 0 aliphatic carbocycles. The lowest BCUT2D eigenvalue weighted by Gasteiger charge is -2.31. The summed E-state index contributed by atoms with van der Waals surface area (Å²) < 4.78 is 23.1. The molecule has 0 radical (unpaired) electrons. The van der Waals surface area contributed by atoms with E-state index in [1.54, 1.807) is 0 Å². The Labute approximate surface area is 197 Å². The summed E-state index contributed by atoms with van der Waals surface area (Å²) in [4.78, 5) is 15.0. The lowest BCUT2D eigenvalue weighted by molar-refractivity contribution is -0.118. The highest BCUT2D eigenvalue weighted by molar-refractivity contribution is 5.94. The number of hydrogen-bond acceptors (Lipinski definition) is 6. The number of anilines is 2. The maximum atomic E-state index is 12.8. The third-order valence-electron chi connectivity index (χ3n) is 5.52. The van der Waals surface area contributed by atoms with Gasteiger partial charge in [-0.1, -0.05) is 26.0 Å². The molecule has 0 spiro atoms. The molecule has 0 bridgehead atoms. The summed E-state index contributed by atoms with van der Waals surface area (Å²) in [5.41, 5.74) is 3.68. The van der Waals surface area contributed by atoms with Gasteiger partial charge in [0.15, 0.2) is 6.61 Å². The maximum absolute atomic E-state index is 12.8. The summed E-state index contributed by atoms with van der Waals surface area (Å²) in [6, 6.07) is 9.89. The first-order valence-electron chi connectivity index (χ1n) is 11.7. The predicted octanol–water partition coefficient (Wildman–Crippen LogP) is 4.77. The summed E-state index contributed by atoms with van der Waals surface area (Å²) >= 11 is 0. The number of aryl methyl sites for hydroxylation is 1. The van der Waals surface area contributed by atoms with Crippen molar-refractivity contribution in [3.8, 4) is 17.2 Å². The molecule has 1 saturated heterocycles. The molecular weight excluding hydrogens is 420 g/mol.